The summed E-state index contributed by atoms with van der Waals surface area (Å²) in [5, 5.41) is 1.06. The van der Waals surface area contributed by atoms with Crippen LogP contribution in [0.4, 0.5) is 0 Å². The highest BCUT2D eigenvalue weighted by Crippen LogP contribution is 2.26. The largest absolute Gasteiger partial charge is 0.457 e. The lowest BCUT2D eigenvalue weighted by molar-refractivity contribution is 0.481. The molecule has 4 rings (SSSR count). The van der Waals surface area contributed by atoms with Gasteiger partial charge in [-0.1, -0.05) is 59.6 Å². The second-order valence-corrected chi connectivity index (χ2v) is 7.37. The molecule has 5 heteroatoms. The van der Waals surface area contributed by atoms with E-state index in [4.69, 9.17) is 27.9 Å². The van der Waals surface area contributed by atoms with Gasteiger partial charge in [-0.3, -0.25) is 0 Å². The third kappa shape index (κ3) is 5.14. The van der Waals surface area contributed by atoms with E-state index in [1.165, 1.54) is 0 Å². The first-order valence-corrected chi connectivity index (χ1v) is 9.97. The molecule has 144 valence electrons. The minimum atomic E-state index is 0.528. The molecule has 2 aromatic carbocycles. The minimum absolute atomic E-state index is 0.528. The SMILES string of the molecule is Clc1ncccc1Cc1cccc(Oc2cccc(Cc3cccnc3Cl)c2)c1. The molecule has 0 spiro atoms. The summed E-state index contributed by atoms with van der Waals surface area (Å²) >= 11 is 12.4. The molecule has 0 saturated heterocycles. The zero-order valence-electron chi connectivity index (χ0n) is 15.6. The number of aromatic nitrogens is 2. The van der Waals surface area contributed by atoms with E-state index < -0.39 is 0 Å². The van der Waals surface area contributed by atoms with E-state index in [2.05, 4.69) is 22.1 Å². The number of hydrogen-bond acceptors (Lipinski definition) is 3. The molecule has 4 aromatic rings. The molecule has 0 radical (unpaired) electrons. The summed E-state index contributed by atoms with van der Waals surface area (Å²) in [5.74, 6) is 1.55. The molecule has 2 heterocycles. The van der Waals surface area contributed by atoms with Crippen LogP contribution in [0.25, 0.3) is 0 Å². The first kappa shape index (κ1) is 19.4. The van der Waals surface area contributed by atoms with Gasteiger partial charge in [-0.05, 0) is 58.7 Å². The third-order valence-electron chi connectivity index (χ3n) is 4.49. The van der Waals surface area contributed by atoms with Crippen molar-refractivity contribution < 1.29 is 4.74 Å². The molecule has 2 aromatic heterocycles. The van der Waals surface area contributed by atoms with Crippen molar-refractivity contribution >= 4 is 23.2 Å². The van der Waals surface area contributed by atoms with Crippen LogP contribution in [0, 0.1) is 0 Å². The molecular weight excluding hydrogens is 403 g/mol. The summed E-state index contributed by atoms with van der Waals surface area (Å²) in [7, 11) is 0. The predicted molar refractivity (Wildman–Crippen MR) is 117 cm³/mol. The fourth-order valence-electron chi connectivity index (χ4n) is 3.12. The van der Waals surface area contributed by atoms with Crippen LogP contribution in [0.3, 0.4) is 0 Å². The molecule has 0 unspecified atom stereocenters. The Morgan fingerprint density at radius 1 is 0.621 bits per heavy atom. The van der Waals surface area contributed by atoms with Gasteiger partial charge < -0.3 is 4.74 Å². The lowest BCUT2D eigenvalue weighted by atomic mass is 10.1. The number of hydrogen-bond donors (Lipinski definition) is 0. The fraction of sp³-hybridized carbons (Fsp3) is 0.0833. The Balaban J connectivity index is 1.50. The smallest absolute Gasteiger partial charge is 0.132 e. The Morgan fingerprint density at radius 2 is 1.10 bits per heavy atom. The molecule has 0 aliphatic carbocycles. The monoisotopic (exact) mass is 420 g/mol. The van der Waals surface area contributed by atoms with Crippen molar-refractivity contribution in [3.63, 3.8) is 0 Å². The average Bonchev–Trinajstić information content (AvgIpc) is 2.72. The second-order valence-electron chi connectivity index (χ2n) is 6.66. The number of rotatable bonds is 6. The molecule has 0 fully saturated rings. The lowest BCUT2D eigenvalue weighted by Gasteiger charge is -2.10. The highest BCUT2D eigenvalue weighted by atomic mass is 35.5. The highest BCUT2D eigenvalue weighted by Gasteiger charge is 2.06. The Bertz CT molecular complexity index is 1040. The van der Waals surface area contributed by atoms with Crippen LogP contribution in [0.2, 0.25) is 10.3 Å². The second kappa shape index (κ2) is 9.08. The van der Waals surface area contributed by atoms with E-state index in [-0.39, 0.29) is 0 Å². The summed E-state index contributed by atoms with van der Waals surface area (Å²) in [6, 6.07) is 23.7. The molecule has 0 amide bonds. The van der Waals surface area contributed by atoms with Crippen molar-refractivity contribution in [2.75, 3.05) is 0 Å². The van der Waals surface area contributed by atoms with Gasteiger partial charge in [-0.25, -0.2) is 9.97 Å². The number of ether oxygens (including phenoxy) is 1. The van der Waals surface area contributed by atoms with Gasteiger partial charge in [0.1, 0.15) is 21.8 Å². The van der Waals surface area contributed by atoms with Crippen LogP contribution in [-0.4, -0.2) is 9.97 Å². The van der Waals surface area contributed by atoms with Crippen LogP contribution in [-0.2, 0) is 12.8 Å². The Kier molecular flexibility index (Phi) is 6.09. The Morgan fingerprint density at radius 3 is 1.55 bits per heavy atom. The maximum Gasteiger partial charge on any atom is 0.132 e. The van der Waals surface area contributed by atoms with Crippen molar-refractivity contribution in [2.24, 2.45) is 0 Å². The van der Waals surface area contributed by atoms with E-state index in [9.17, 15) is 0 Å². The molecule has 0 aliphatic heterocycles. The summed E-state index contributed by atoms with van der Waals surface area (Å²) < 4.78 is 6.10. The first-order valence-electron chi connectivity index (χ1n) is 9.22. The van der Waals surface area contributed by atoms with Gasteiger partial charge in [0.15, 0.2) is 0 Å². The number of nitrogens with zero attached hydrogens (tertiary/aromatic N) is 2. The number of pyridine rings is 2. The summed E-state index contributed by atoms with van der Waals surface area (Å²) in [6.45, 7) is 0. The zero-order chi connectivity index (χ0) is 20.1. The summed E-state index contributed by atoms with van der Waals surface area (Å²) in [4.78, 5) is 8.27. The Labute approximate surface area is 179 Å². The molecule has 3 nitrogen and oxygen atoms in total. The summed E-state index contributed by atoms with van der Waals surface area (Å²) in [5.41, 5.74) is 4.19. The first-order chi connectivity index (χ1) is 14.2. The van der Waals surface area contributed by atoms with E-state index in [0.717, 1.165) is 33.8 Å². The molecule has 0 N–H and O–H groups in total. The van der Waals surface area contributed by atoms with Crippen molar-refractivity contribution in [2.45, 2.75) is 12.8 Å². The average molecular weight is 421 g/mol. The quantitative estimate of drug-likeness (QED) is 0.323. The fourth-order valence-corrected chi connectivity index (χ4v) is 3.49. The van der Waals surface area contributed by atoms with Gasteiger partial charge in [0.05, 0.1) is 0 Å². The van der Waals surface area contributed by atoms with Gasteiger partial charge in [0.2, 0.25) is 0 Å². The van der Waals surface area contributed by atoms with E-state index in [1.807, 2.05) is 60.7 Å². The van der Waals surface area contributed by atoms with Crippen molar-refractivity contribution in [3.05, 3.63) is 118 Å². The number of halogens is 2. The minimum Gasteiger partial charge on any atom is -0.457 e. The maximum absolute atomic E-state index is 6.18. The molecule has 0 atom stereocenters. The topological polar surface area (TPSA) is 35.0 Å². The van der Waals surface area contributed by atoms with Gasteiger partial charge >= 0.3 is 0 Å². The van der Waals surface area contributed by atoms with Crippen molar-refractivity contribution in [1.29, 1.82) is 0 Å². The van der Waals surface area contributed by atoms with E-state index >= 15 is 0 Å². The lowest BCUT2D eigenvalue weighted by Crippen LogP contribution is -1.93. The van der Waals surface area contributed by atoms with Crippen LogP contribution < -0.4 is 4.74 Å². The highest BCUT2D eigenvalue weighted by molar-refractivity contribution is 6.30. The number of benzene rings is 2. The third-order valence-corrected chi connectivity index (χ3v) is 5.18. The normalized spacial score (nSPS) is 10.7. The molecule has 0 aliphatic rings. The molecule has 0 saturated carbocycles. The van der Waals surface area contributed by atoms with Gasteiger partial charge in [0, 0.05) is 25.2 Å². The molecular formula is C24H18Cl2N2O. The van der Waals surface area contributed by atoms with Crippen LogP contribution in [0.5, 0.6) is 11.5 Å². The van der Waals surface area contributed by atoms with Crippen LogP contribution in [0.1, 0.15) is 22.3 Å². The maximum atomic E-state index is 6.18. The predicted octanol–water partition coefficient (Wildman–Crippen LogP) is 6.76. The molecule has 29 heavy (non-hydrogen) atoms. The summed E-state index contributed by atoms with van der Waals surface area (Å²) in [6.07, 6.45) is 4.78. The van der Waals surface area contributed by atoms with Crippen LogP contribution in [0.15, 0.2) is 85.2 Å². The van der Waals surface area contributed by atoms with Gasteiger partial charge in [-0.15, -0.1) is 0 Å². The standard InChI is InChI=1S/C24H18Cl2N2O/c25-23-19(7-3-11-27-23)13-17-5-1-9-21(15-17)29-22-10-2-6-18(16-22)14-20-8-4-12-28-24(20)26/h1-12,15-16H,13-14H2. The van der Waals surface area contributed by atoms with Gasteiger partial charge in [0.25, 0.3) is 0 Å². The van der Waals surface area contributed by atoms with Gasteiger partial charge in [-0.2, -0.15) is 0 Å². The van der Waals surface area contributed by atoms with E-state index in [0.29, 0.717) is 23.1 Å². The van der Waals surface area contributed by atoms with Crippen LogP contribution >= 0.6 is 23.2 Å². The van der Waals surface area contributed by atoms with Crippen molar-refractivity contribution in [1.82, 2.24) is 9.97 Å². The van der Waals surface area contributed by atoms with Crippen molar-refractivity contribution in [3.8, 4) is 11.5 Å². The molecule has 0 bridgehead atoms. The van der Waals surface area contributed by atoms with E-state index in [1.54, 1.807) is 12.4 Å². The zero-order valence-corrected chi connectivity index (χ0v) is 17.1. The Hall–Kier alpha value is -2.88.